The van der Waals surface area contributed by atoms with Crippen LogP contribution in [0.15, 0.2) is 36.4 Å². The minimum absolute atomic E-state index is 0.152. The first-order chi connectivity index (χ1) is 9.99. The maximum Gasteiger partial charge on any atom is 0.305 e. The number of rotatable bonds is 5. The normalized spacial score (nSPS) is 11.9. The van der Waals surface area contributed by atoms with Crippen molar-refractivity contribution in [3.63, 3.8) is 0 Å². The van der Waals surface area contributed by atoms with Crippen molar-refractivity contribution in [3.8, 4) is 5.75 Å². The molecule has 0 aromatic heterocycles. The maximum atomic E-state index is 11.2. The summed E-state index contributed by atoms with van der Waals surface area (Å²) >= 11 is 0. The van der Waals surface area contributed by atoms with Crippen LogP contribution in [0.2, 0.25) is 0 Å². The molecule has 0 aliphatic rings. The summed E-state index contributed by atoms with van der Waals surface area (Å²) in [6.07, 6.45) is -0.152. The van der Waals surface area contributed by atoms with E-state index in [-0.39, 0.29) is 12.3 Å². The van der Waals surface area contributed by atoms with Crippen LogP contribution in [-0.4, -0.2) is 24.1 Å². The first-order valence-corrected chi connectivity index (χ1v) is 6.56. The van der Waals surface area contributed by atoms with Crippen LogP contribution in [-0.2, 0) is 9.59 Å². The van der Waals surface area contributed by atoms with Crippen molar-refractivity contribution in [1.29, 1.82) is 0 Å². The number of carboxylic acid groups (broad SMARTS) is 1. The molecule has 2 aromatic carbocycles. The zero-order chi connectivity index (χ0) is 15.4. The van der Waals surface area contributed by atoms with Gasteiger partial charge in [0, 0.05) is 6.92 Å². The second kappa shape index (κ2) is 6.26. The summed E-state index contributed by atoms with van der Waals surface area (Å²) in [7, 11) is 1.61. The molecular formula is C16H17NO4. The topological polar surface area (TPSA) is 75.6 Å². The van der Waals surface area contributed by atoms with E-state index in [1.165, 1.54) is 6.92 Å². The molecule has 1 atom stereocenters. The lowest BCUT2D eigenvalue weighted by atomic mass is 9.99. The van der Waals surface area contributed by atoms with E-state index in [9.17, 15) is 9.59 Å². The highest BCUT2D eigenvalue weighted by Crippen LogP contribution is 2.25. The van der Waals surface area contributed by atoms with Gasteiger partial charge < -0.3 is 15.2 Å². The first-order valence-electron chi connectivity index (χ1n) is 6.56. The van der Waals surface area contributed by atoms with Crippen LogP contribution >= 0.6 is 0 Å². The zero-order valence-electron chi connectivity index (χ0n) is 11.9. The van der Waals surface area contributed by atoms with Crippen LogP contribution in [0.25, 0.3) is 10.8 Å². The van der Waals surface area contributed by atoms with E-state index in [1.54, 1.807) is 7.11 Å². The average molecular weight is 287 g/mol. The van der Waals surface area contributed by atoms with Crippen molar-refractivity contribution in [1.82, 2.24) is 5.32 Å². The minimum Gasteiger partial charge on any atom is -0.497 e. The molecule has 0 spiro atoms. The van der Waals surface area contributed by atoms with E-state index in [0.29, 0.717) is 0 Å². The number of carboxylic acids is 1. The summed E-state index contributed by atoms with van der Waals surface area (Å²) < 4.78 is 5.17. The highest BCUT2D eigenvalue weighted by atomic mass is 16.5. The Kier molecular flexibility index (Phi) is 4.42. The lowest BCUT2D eigenvalue weighted by Crippen LogP contribution is -2.27. The van der Waals surface area contributed by atoms with Gasteiger partial charge >= 0.3 is 5.97 Å². The van der Waals surface area contributed by atoms with Gasteiger partial charge in [0.2, 0.25) is 5.91 Å². The Bertz CT molecular complexity index is 665. The number of carbonyl (C=O) groups is 2. The van der Waals surface area contributed by atoms with Gasteiger partial charge in [0.1, 0.15) is 5.75 Å². The summed E-state index contributed by atoms with van der Waals surface area (Å²) in [5.74, 6) is -0.446. The number of ether oxygens (including phenoxy) is 1. The Hall–Kier alpha value is -2.56. The molecular weight excluding hydrogens is 270 g/mol. The van der Waals surface area contributed by atoms with E-state index in [2.05, 4.69) is 5.32 Å². The van der Waals surface area contributed by atoms with Gasteiger partial charge in [0.25, 0.3) is 0 Å². The molecule has 110 valence electrons. The number of carbonyl (C=O) groups excluding carboxylic acids is 1. The number of benzene rings is 2. The van der Waals surface area contributed by atoms with Gasteiger partial charge in [-0.05, 0) is 34.5 Å². The Morgan fingerprint density at radius 1 is 1.19 bits per heavy atom. The third kappa shape index (κ3) is 3.72. The maximum absolute atomic E-state index is 11.2. The van der Waals surface area contributed by atoms with Crippen LogP contribution < -0.4 is 10.1 Å². The van der Waals surface area contributed by atoms with Crippen LogP contribution in [0, 0.1) is 0 Å². The Balaban J connectivity index is 2.38. The molecule has 0 aliphatic carbocycles. The van der Waals surface area contributed by atoms with Crippen LogP contribution in [0.5, 0.6) is 5.75 Å². The summed E-state index contributed by atoms with van der Waals surface area (Å²) in [5.41, 5.74) is 0.769. The molecule has 2 aromatic rings. The van der Waals surface area contributed by atoms with Crippen molar-refractivity contribution in [2.75, 3.05) is 7.11 Å². The van der Waals surface area contributed by atoms with E-state index >= 15 is 0 Å². The predicted molar refractivity (Wildman–Crippen MR) is 79.3 cm³/mol. The number of methoxy groups -OCH3 is 1. The van der Waals surface area contributed by atoms with Gasteiger partial charge in [0.15, 0.2) is 0 Å². The number of fused-ring (bicyclic) bond motifs is 1. The van der Waals surface area contributed by atoms with Gasteiger partial charge in [-0.25, -0.2) is 0 Å². The fourth-order valence-corrected chi connectivity index (χ4v) is 2.26. The third-order valence-electron chi connectivity index (χ3n) is 3.23. The molecule has 0 radical (unpaired) electrons. The number of nitrogens with one attached hydrogen (secondary N) is 1. The first kappa shape index (κ1) is 14.8. The molecule has 1 amide bonds. The number of aliphatic carboxylic acids is 1. The fraction of sp³-hybridized carbons (Fsp3) is 0.250. The molecule has 2 rings (SSSR count). The smallest absolute Gasteiger partial charge is 0.305 e. The van der Waals surface area contributed by atoms with Gasteiger partial charge in [-0.15, -0.1) is 0 Å². The predicted octanol–water partition coefficient (Wildman–Crippen LogP) is 2.50. The van der Waals surface area contributed by atoms with Crippen molar-refractivity contribution >= 4 is 22.6 Å². The van der Waals surface area contributed by atoms with Gasteiger partial charge in [-0.3, -0.25) is 9.59 Å². The largest absolute Gasteiger partial charge is 0.497 e. The number of hydrogen-bond acceptors (Lipinski definition) is 3. The molecule has 2 N–H and O–H groups in total. The summed E-state index contributed by atoms with van der Waals surface area (Å²) in [5, 5.41) is 13.6. The number of amides is 1. The molecule has 0 fully saturated rings. The molecule has 5 nitrogen and oxygen atoms in total. The average Bonchev–Trinajstić information content (AvgIpc) is 2.44. The van der Waals surface area contributed by atoms with Crippen LogP contribution in [0.3, 0.4) is 0 Å². The Labute approximate surface area is 122 Å². The minimum atomic E-state index is -0.955. The van der Waals surface area contributed by atoms with Crippen molar-refractivity contribution in [3.05, 3.63) is 42.0 Å². The van der Waals surface area contributed by atoms with E-state index in [1.807, 2.05) is 36.4 Å². The van der Waals surface area contributed by atoms with E-state index < -0.39 is 12.0 Å². The summed E-state index contributed by atoms with van der Waals surface area (Å²) in [6.45, 7) is 1.38. The van der Waals surface area contributed by atoms with Gasteiger partial charge in [0.05, 0.1) is 19.6 Å². The SMILES string of the molecule is COc1ccc2cc([C@H](CC(=O)O)NC(C)=O)ccc2c1. The second-order valence-corrected chi connectivity index (χ2v) is 4.82. The standard InChI is InChI=1S/C16H17NO4/c1-10(18)17-15(9-16(19)20)13-4-3-12-8-14(21-2)6-5-11(12)7-13/h3-8,15H,9H2,1-2H3,(H,17,18)(H,19,20)/t15-/m0/s1. The van der Waals surface area contributed by atoms with Gasteiger partial charge in [-0.2, -0.15) is 0 Å². The fourth-order valence-electron chi connectivity index (χ4n) is 2.26. The molecule has 0 saturated carbocycles. The zero-order valence-corrected chi connectivity index (χ0v) is 11.9. The second-order valence-electron chi connectivity index (χ2n) is 4.82. The monoisotopic (exact) mass is 287 g/mol. The molecule has 0 heterocycles. The molecule has 0 unspecified atom stereocenters. The van der Waals surface area contributed by atoms with E-state index in [0.717, 1.165) is 22.1 Å². The van der Waals surface area contributed by atoms with Crippen LogP contribution in [0.4, 0.5) is 0 Å². The molecule has 0 bridgehead atoms. The molecule has 21 heavy (non-hydrogen) atoms. The highest BCUT2D eigenvalue weighted by molar-refractivity contribution is 5.85. The quantitative estimate of drug-likeness (QED) is 0.886. The Morgan fingerprint density at radius 3 is 2.48 bits per heavy atom. The lowest BCUT2D eigenvalue weighted by molar-refractivity contribution is -0.137. The van der Waals surface area contributed by atoms with E-state index in [4.69, 9.17) is 9.84 Å². The molecule has 0 saturated heterocycles. The number of hydrogen-bond donors (Lipinski definition) is 2. The summed E-state index contributed by atoms with van der Waals surface area (Å²) in [6, 6.07) is 10.7. The molecule has 5 heteroatoms. The van der Waals surface area contributed by atoms with Crippen LogP contribution in [0.1, 0.15) is 24.9 Å². The van der Waals surface area contributed by atoms with Crippen molar-refractivity contribution < 1.29 is 19.4 Å². The highest BCUT2D eigenvalue weighted by Gasteiger charge is 2.16. The summed E-state index contributed by atoms with van der Waals surface area (Å²) in [4.78, 5) is 22.2. The Morgan fingerprint density at radius 2 is 1.86 bits per heavy atom. The lowest BCUT2D eigenvalue weighted by Gasteiger charge is -2.17. The van der Waals surface area contributed by atoms with Crippen molar-refractivity contribution in [2.45, 2.75) is 19.4 Å². The van der Waals surface area contributed by atoms with Gasteiger partial charge in [-0.1, -0.05) is 18.2 Å². The molecule has 0 aliphatic heterocycles. The third-order valence-corrected chi connectivity index (χ3v) is 3.23. The van der Waals surface area contributed by atoms with Crippen molar-refractivity contribution in [2.24, 2.45) is 0 Å².